The lowest BCUT2D eigenvalue weighted by Crippen LogP contribution is -2.45. The van der Waals surface area contributed by atoms with Crippen molar-refractivity contribution in [3.63, 3.8) is 0 Å². The van der Waals surface area contributed by atoms with E-state index in [-0.39, 0.29) is 18.5 Å². The molecule has 6 nitrogen and oxygen atoms in total. The van der Waals surface area contributed by atoms with Gasteiger partial charge in [0.15, 0.2) is 0 Å². The van der Waals surface area contributed by atoms with E-state index in [1.54, 1.807) is 0 Å². The molecule has 0 rings (SSSR count). The van der Waals surface area contributed by atoms with Crippen molar-refractivity contribution >= 4 is 11.9 Å². The van der Waals surface area contributed by atoms with Gasteiger partial charge in [-0.3, -0.25) is 9.59 Å². The van der Waals surface area contributed by atoms with Crippen LogP contribution in [-0.4, -0.2) is 47.4 Å². The van der Waals surface area contributed by atoms with Crippen molar-refractivity contribution in [3.05, 3.63) is 12.2 Å². The number of rotatable bonds is 44. The van der Waals surface area contributed by atoms with E-state index in [0.717, 1.165) is 57.8 Å². The fraction of sp³-hybridized carbons (Fsp3) is 0.917. The van der Waals surface area contributed by atoms with Gasteiger partial charge in [0, 0.05) is 12.8 Å². The standard InChI is InChI=1S/C48H93NO5/c1-3-5-7-9-11-13-15-17-20-24-28-32-36-40-46(51)45(44-50)49-47(52)41-37-33-29-25-21-19-23-27-31-35-39-43-54-48(53)42-38-34-30-26-22-18-16-14-12-10-8-6-4-2/h14,16,45-46,50-51H,3-13,15,17-44H2,1-2H3,(H,49,52)/b16-14-. The highest BCUT2D eigenvalue weighted by molar-refractivity contribution is 5.76. The SMILES string of the molecule is CCCCCC/C=C\CCCCCCCC(=O)OCCCCCCCCCCCCCC(=O)NC(CO)C(O)CCCCCCCCCCCCCCC. The maximum atomic E-state index is 12.4. The van der Waals surface area contributed by atoms with E-state index >= 15 is 0 Å². The minimum atomic E-state index is -0.675. The highest BCUT2D eigenvalue weighted by Gasteiger charge is 2.20. The average molecular weight is 764 g/mol. The van der Waals surface area contributed by atoms with Crippen LogP contribution in [0.25, 0.3) is 0 Å². The second-order valence-corrected chi connectivity index (χ2v) is 16.4. The molecule has 54 heavy (non-hydrogen) atoms. The van der Waals surface area contributed by atoms with Gasteiger partial charge in [0.2, 0.25) is 5.91 Å². The Labute approximate surface area is 336 Å². The number of allylic oxidation sites excluding steroid dienone is 2. The summed E-state index contributed by atoms with van der Waals surface area (Å²) in [5.41, 5.74) is 0. The van der Waals surface area contributed by atoms with Crippen molar-refractivity contribution < 1.29 is 24.5 Å². The Balaban J connectivity index is 3.48. The van der Waals surface area contributed by atoms with Gasteiger partial charge in [0.25, 0.3) is 0 Å². The van der Waals surface area contributed by atoms with Crippen LogP contribution in [0, 0.1) is 0 Å². The Morgan fingerprint density at radius 2 is 0.870 bits per heavy atom. The summed E-state index contributed by atoms with van der Waals surface area (Å²) in [6.07, 6.45) is 48.8. The second-order valence-electron chi connectivity index (χ2n) is 16.4. The van der Waals surface area contributed by atoms with Gasteiger partial charge >= 0.3 is 5.97 Å². The average Bonchev–Trinajstić information content (AvgIpc) is 3.17. The van der Waals surface area contributed by atoms with E-state index in [4.69, 9.17) is 4.74 Å². The smallest absolute Gasteiger partial charge is 0.305 e. The van der Waals surface area contributed by atoms with Gasteiger partial charge in [0.05, 0.1) is 25.4 Å². The molecule has 0 aromatic rings. The Kier molecular flexibility index (Phi) is 43.2. The first-order valence-corrected chi connectivity index (χ1v) is 23.9. The first-order chi connectivity index (χ1) is 26.5. The molecule has 0 bridgehead atoms. The molecule has 2 unspecified atom stereocenters. The number of hydrogen-bond donors (Lipinski definition) is 3. The summed E-state index contributed by atoms with van der Waals surface area (Å²) in [5, 5.41) is 23.1. The zero-order chi connectivity index (χ0) is 39.4. The summed E-state index contributed by atoms with van der Waals surface area (Å²) >= 11 is 0. The minimum absolute atomic E-state index is 0.0230. The monoisotopic (exact) mass is 764 g/mol. The fourth-order valence-corrected chi connectivity index (χ4v) is 7.34. The van der Waals surface area contributed by atoms with Gasteiger partial charge in [-0.25, -0.2) is 0 Å². The maximum Gasteiger partial charge on any atom is 0.305 e. The molecule has 0 fully saturated rings. The lowest BCUT2D eigenvalue weighted by molar-refractivity contribution is -0.143. The molecule has 6 heteroatoms. The lowest BCUT2D eigenvalue weighted by Gasteiger charge is -2.22. The van der Waals surface area contributed by atoms with Crippen molar-refractivity contribution in [3.8, 4) is 0 Å². The first kappa shape index (κ1) is 52.6. The van der Waals surface area contributed by atoms with E-state index in [9.17, 15) is 19.8 Å². The highest BCUT2D eigenvalue weighted by Crippen LogP contribution is 2.16. The molecule has 0 spiro atoms. The third kappa shape index (κ3) is 40.3. The van der Waals surface area contributed by atoms with E-state index in [0.29, 0.717) is 25.9 Å². The predicted molar refractivity (Wildman–Crippen MR) is 232 cm³/mol. The zero-order valence-corrected chi connectivity index (χ0v) is 36.2. The topological polar surface area (TPSA) is 95.9 Å². The second kappa shape index (κ2) is 44.3. The molecule has 0 heterocycles. The molecule has 0 radical (unpaired) electrons. The number of esters is 1. The molecule has 0 aliphatic rings. The van der Waals surface area contributed by atoms with Crippen molar-refractivity contribution in [2.45, 2.75) is 270 Å². The zero-order valence-electron chi connectivity index (χ0n) is 36.2. The van der Waals surface area contributed by atoms with Crippen LogP contribution in [0.4, 0.5) is 0 Å². The quantitative estimate of drug-likeness (QED) is 0.0326. The summed E-state index contributed by atoms with van der Waals surface area (Å²) in [6.45, 7) is 4.89. The maximum absolute atomic E-state index is 12.4. The van der Waals surface area contributed by atoms with Crippen molar-refractivity contribution in [2.24, 2.45) is 0 Å². The number of nitrogens with one attached hydrogen (secondary N) is 1. The Morgan fingerprint density at radius 1 is 0.500 bits per heavy atom. The fourth-order valence-electron chi connectivity index (χ4n) is 7.34. The molecule has 1 amide bonds. The van der Waals surface area contributed by atoms with Crippen LogP contribution in [0.2, 0.25) is 0 Å². The molecule has 2 atom stereocenters. The largest absolute Gasteiger partial charge is 0.466 e. The van der Waals surface area contributed by atoms with Crippen LogP contribution in [0.1, 0.15) is 258 Å². The number of carbonyl (C=O) groups is 2. The number of aliphatic hydroxyl groups is 2. The van der Waals surface area contributed by atoms with Crippen molar-refractivity contribution in [2.75, 3.05) is 13.2 Å². The predicted octanol–water partition coefficient (Wildman–Crippen LogP) is 13.8. The number of amides is 1. The summed E-state index contributed by atoms with van der Waals surface area (Å²) in [4.78, 5) is 24.4. The minimum Gasteiger partial charge on any atom is -0.466 e. The number of hydrogen-bond acceptors (Lipinski definition) is 5. The van der Waals surface area contributed by atoms with Crippen molar-refractivity contribution in [1.29, 1.82) is 0 Å². The molecule has 0 aliphatic carbocycles. The van der Waals surface area contributed by atoms with Crippen molar-refractivity contribution in [1.82, 2.24) is 5.32 Å². The van der Waals surface area contributed by atoms with Gasteiger partial charge < -0.3 is 20.3 Å². The van der Waals surface area contributed by atoms with Crippen LogP contribution in [-0.2, 0) is 14.3 Å². The molecule has 3 N–H and O–H groups in total. The Hall–Kier alpha value is -1.40. The summed E-state index contributed by atoms with van der Waals surface area (Å²) in [6, 6.07) is -0.554. The summed E-state index contributed by atoms with van der Waals surface area (Å²) in [5.74, 6) is -0.0774. The van der Waals surface area contributed by atoms with Crippen LogP contribution in [0.5, 0.6) is 0 Å². The van der Waals surface area contributed by atoms with Gasteiger partial charge in [-0.2, -0.15) is 0 Å². The lowest BCUT2D eigenvalue weighted by atomic mass is 10.0. The highest BCUT2D eigenvalue weighted by atomic mass is 16.5. The van der Waals surface area contributed by atoms with Gasteiger partial charge in [-0.15, -0.1) is 0 Å². The van der Waals surface area contributed by atoms with Crippen LogP contribution < -0.4 is 5.32 Å². The van der Waals surface area contributed by atoms with Gasteiger partial charge in [-0.1, -0.05) is 206 Å². The number of ether oxygens (including phenoxy) is 1. The Bertz CT molecular complexity index is 802. The summed E-state index contributed by atoms with van der Waals surface area (Å²) in [7, 11) is 0. The third-order valence-corrected chi connectivity index (χ3v) is 11.1. The molecule has 0 aliphatic heterocycles. The number of unbranched alkanes of at least 4 members (excludes halogenated alkanes) is 31. The van der Waals surface area contributed by atoms with E-state index in [1.165, 1.54) is 167 Å². The van der Waals surface area contributed by atoms with E-state index in [1.807, 2.05) is 0 Å². The van der Waals surface area contributed by atoms with E-state index in [2.05, 4.69) is 31.3 Å². The van der Waals surface area contributed by atoms with Crippen LogP contribution in [0.15, 0.2) is 12.2 Å². The number of aliphatic hydroxyl groups excluding tert-OH is 2. The van der Waals surface area contributed by atoms with Gasteiger partial charge in [-0.05, 0) is 51.4 Å². The third-order valence-electron chi connectivity index (χ3n) is 11.1. The molecule has 0 saturated heterocycles. The summed E-state index contributed by atoms with van der Waals surface area (Å²) < 4.78 is 5.44. The molecule has 0 aromatic carbocycles. The van der Waals surface area contributed by atoms with E-state index < -0.39 is 12.1 Å². The number of carbonyl (C=O) groups excluding carboxylic acids is 2. The molecule has 0 saturated carbocycles. The van der Waals surface area contributed by atoms with Gasteiger partial charge in [0.1, 0.15) is 0 Å². The Morgan fingerprint density at radius 3 is 1.33 bits per heavy atom. The molecular weight excluding hydrogens is 671 g/mol. The molecule has 320 valence electrons. The molecular formula is C48H93NO5. The molecule has 0 aromatic heterocycles. The van der Waals surface area contributed by atoms with Crippen LogP contribution in [0.3, 0.4) is 0 Å². The first-order valence-electron chi connectivity index (χ1n) is 23.9. The normalized spacial score (nSPS) is 12.7. The van der Waals surface area contributed by atoms with Crippen LogP contribution >= 0.6 is 0 Å².